The Kier molecular flexibility index (Phi) is 5.83. The minimum Gasteiger partial charge on any atom is -0.338 e. The number of thiazole rings is 1. The van der Waals surface area contributed by atoms with Crippen LogP contribution < -0.4 is 0 Å². The molecule has 0 bridgehead atoms. The first kappa shape index (κ1) is 18.6. The highest BCUT2D eigenvalue weighted by Crippen LogP contribution is 2.19. The third kappa shape index (κ3) is 4.73. The molecule has 0 N–H and O–H groups in total. The second-order valence-electron chi connectivity index (χ2n) is 6.66. The zero-order chi connectivity index (χ0) is 18.6. The fraction of sp³-hybridized carbons (Fsp3) is 0.421. The van der Waals surface area contributed by atoms with Gasteiger partial charge in [0.05, 0.1) is 17.2 Å². The molecule has 1 aromatic carbocycles. The molecule has 1 fully saturated rings. The van der Waals surface area contributed by atoms with Gasteiger partial charge in [0.1, 0.15) is 0 Å². The Bertz CT molecular complexity index is 870. The molecule has 2 aromatic heterocycles. The first-order valence-corrected chi connectivity index (χ1v) is 10.4. The van der Waals surface area contributed by atoms with E-state index in [0.29, 0.717) is 23.3 Å². The summed E-state index contributed by atoms with van der Waals surface area (Å²) in [5.41, 5.74) is 2.10. The van der Waals surface area contributed by atoms with Crippen molar-refractivity contribution < 1.29 is 4.52 Å². The van der Waals surface area contributed by atoms with Gasteiger partial charge in [0.25, 0.3) is 0 Å². The smallest absolute Gasteiger partial charge is 0.241 e. The third-order valence-corrected chi connectivity index (χ3v) is 5.98. The molecule has 1 aliphatic rings. The predicted octanol–water partition coefficient (Wildman–Crippen LogP) is 3.73. The van der Waals surface area contributed by atoms with E-state index >= 15 is 0 Å². The van der Waals surface area contributed by atoms with Crippen molar-refractivity contribution in [3.63, 3.8) is 0 Å². The monoisotopic (exact) mass is 403 g/mol. The van der Waals surface area contributed by atoms with Crippen LogP contribution in [0.1, 0.15) is 23.5 Å². The van der Waals surface area contributed by atoms with Gasteiger partial charge in [0.15, 0.2) is 0 Å². The quantitative estimate of drug-likeness (QED) is 0.625. The molecule has 1 saturated heterocycles. The molecule has 0 amide bonds. The summed E-state index contributed by atoms with van der Waals surface area (Å²) >= 11 is 7.68. The van der Waals surface area contributed by atoms with Crippen molar-refractivity contribution >= 4 is 22.9 Å². The maximum absolute atomic E-state index is 5.93. The van der Waals surface area contributed by atoms with E-state index in [1.807, 2.05) is 24.3 Å². The maximum atomic E-state index is 5.93. The lowest BCUT2D eigenvalue weighted by atomic mass is 10.2. The number of hydrogen-bond donors (Lipinski definition) is 0. The molecule has 3 heterocycles. The van der Waals surface area contributed by atoms with E-state index in [1.54, 1.807) is 11.3 Å². The summed E-state index contributed by atoms with van der Waals surface area (Å²) in [7, 11) is 0. The standard InChI is InChI=1S/C19H22ClN5OS/c1-2-18-21-16(13-27-18)11-24-7-9-25(10-8-24)12-17-22-19(23-26-17)14-3-5-15(20)6-4-14/h3-6,13H,2,7-12H2,1H3. The Morgan fingerprint density at radius 1 is 1.04 bits per heavy atom. The van der Waals surface area contributed by atoms with Crippen LogP contribution in [0, 0.1) is 0 Å². The molecule has 0 spiro atoms. The minimum atomic E-state index is 0.607. The van der Waals surface area contributed by atoms with Gasteiger partial charge in [-0.1, -0.05) is 23.7 Å². The number of rotatable bonds is 6. The first-order valence-electron chi connectivity index (χ1n) is 9.16. The largest absolute Gasteiger partial charge is 0.338 e. The van der Waals surface area contributed by atoms with Crippen molar-refractivity contribution in [1.82, 2.24) is 24.9 Å². The minimum absolute atomic E-state index is 0.607. The number of aryl methyl sites for hydroxylation is 1. The highest BCUT2D eigenvalue weighted by Gasteiger charge is 2.20. The zero-order valence-electron chi connectivity index (χ0n) is 15.3. The second kappa shape index (κ2) is 8.48. The molecule has 3 aromatic rings. The van der Waals surface area contributed by atoms with Gasteiger partial charge >= 0.3 is 0 Å². The molecule has 0 unspecified atom stereocenters. The number of piperazine rings is 1. The van der Waals surface area contributed by atoms with Crippen molar-refractivity contribution in [3.05, 3.63) is 51.3 Å². The van der Waals surface area contributed by atoms with E-state index in [2.05, 4.69) is 37.2 Å². The topological polar surface area (TPSA) is 58.3 Å². The van der Waals surface area contributed by atoms with Crippen LogP contribution >= 0.6 is 22.9 Å². The lowest BCUT2D eigenvalue weighted by Gasteiger charge is -2.33. The van der Waals surface area contributed by atoms with Gasteiger partial charge in [-0.15, -0.1) is 11.3 Å². The number of hydrogen-bond acceptors (Lipinski definition) is 7. The molecule has 0 aliphatic carbocycles. The van der Waals surface area contributed by atoms with Crippen LogP contribution in [0.3, 0.4) is 0 Å². The predicted molar refractivity (Wildman–Crippen MR) is 107 cm³/mol. The van der Waals surface area contributed by atoms with Crippen LogP contribution in [-0.4, -0.2) is 51.1 Å². The van der Waals surface area contributed by atoms with Crippen molar-refractivity contribution in [2.24, 2.45) is 0 Å². The van der Waals surface area contributed by atoms with E-state index < -0.39 is 0 Å². The summed E-state index contributed by atoms with van der Waals surface area (Å²) in [5.74, 6) is 1.26. The Morgan fingerprint density at radius 2 is 1.74 bits per heavy atom. The summed E-state index contributed by atoms with van der Waals surface area (Å²) < 4.78 is 5.43. The first-order chi connectivity index (χ1) is 13.2. The fourth-order valence-corrected chi connectivity index (χ4v) is 4.01. The van der Waals surface area contributed by atoms with Crippen LogP contribution in [0.25, 0.3) is 11.4 Å². The molecule has 4 rings (SSSR count). The number of benzene rings is 1. The van der Waals surface area contributed by atoms with Crippen molar-refractivity contribution in [1.29, 1.82) is 0 Å². The zero-order valence-corrected chi connectivity index (χ0v) is 16.8. The third-order valence-electron chi connectivity index (χ3n) is 4.68. The van der Waals surface area contributed by atoms with Crippen molar-refractivity contribution in [3.8, 4) is 11.4 Å². The summed E-state index contributed by atoms with van der Waals surface area (Å²) in [6, 6.07) is 7.46. The Labute approximate surface area is 167 Å². The van der Waals surface area contributed by atoms with Crippen LogP contribution in [0.15, 0.2) is 34.2 Å². The van der Waals surface area contributed by atoms with E-state index in [0.717, 1.165) is 44.7 Å². The van der Waals surface area contributed by atoms with Crippen LogP contribution in [0.4, 0.5) is 0 Å². The number of aromatic nitrogens is 3. The van der Waals surface area contributed by atoms with E-state index in [1.165, 1.54) is 10.7 Å². The Hall–Kier alpha value is -1.80. The lowest BCUT2D eigenvalue weighted by molar-refractivity contribution is 0.111. The fourth-order valence-electron chi connectivity index (χ4n) is 3.15. The highest BCUT2D eigenvalue weighted by molar-refractivity contribution is 7.09. The number of nitrogens with zero attached hydrogens (tertiary/aromatic N) is 5. The van der Waals surface area contributed by atoms with E-state index in [9.17, 15) is 0 Å². The molecule has 0 atom stereocenters. The van der Waals surface area contributed by atoms with Gasteiger partial charge in [-0.05, 0) is 30.7 Å². The van der Waals surface area contributed by atoms with Crippen molar-refractivity contribution in [2.45, 2.75) is 26.4 Å². The van der Waals surface area contributed by atoms with Crippen LogP contribution in [0.2, 0.25) is 5.02 Å². The van der Waals surface area contributed by atoms with Gasteiger partial charge in [0.2, 0.25) is 11.7 Å². The SMILES string of the molecule is CCc1nc(CN2CCN(Cc3nc(-c4ccc(Cl)cc4)no3)CC2)cs1. The average molecular weight is 404 g/mol. The molecular weight excluding hydrogens is 382 g/mol. The van der Waals surface area contributed by atoms with Gasteiger partial charge in [-0.2, -0.15) is 4.98 Å². The van der Waals surface area contributed by atoms with Gasteiger partial charge in [-0.3, -0.25) is 9.80 Å². The Morgan fingerprint density at radius 3 is 2.41 bits per heavy atom. The Balaban J connectivity index is 1.28. The molecule has 0 radical (unpaired) electrons. The molecule has 27 heavy (non-hydrogen) atoms. The molecular formula is C19H22ClN5OS. The molecule has 8 heteroatoms. The van der Waals surface area contributed by atoms with Gasteiger partial charge in [0, 0.05) is 48.7 Å². The lowest BCUT2D eigenvalue weighted by Crippen LogP contribution is -2.45. The van der Waals surface area contributed by atoms with Gasteiger partial charge < -0.3 is 4.52 Å². The second-order valence-corrected chi connectivity index (χ2v) is 8.04. The van der Waals surface area contributed by atoms with Crippen LogP contribution in [-0.2, 0) is 19.5 Å². The van der Waals surface area contributed by atoms with Crippen LogP contribution in [0.5, 0.6) is 0 Å². The summed E-state index contributed by atoms with van der Waals surface area (Å²) in [6.07, 6.45) is 1.01. The normalized spacial score (nSPS) is 16.1. The van der Waals surface area contributed by atoms with Gasteiger partial charge in [-0.25, -0.2) is 4.98 Å². The van der Waals surface area contributed by atoms with E-state index in [4.69, 9.17) is 16.1 Å². The highest BCUT2D eigenvalue weighted by atomic mass is 35.5. The van der Waals surface area contributed by atoms with Crippen molar-refractivity contribution in [2.75, 3.05) is 26.2 Å². The molecule has 6 nitrogen and oxygen atoms in total. The van der Waals surface area contributed by atoms with E-state index in [-0.39, 0.29) is 0 Å². The molecule has 142 valence electrons. The summed E-state index contributed by atoms with van der Waals surface area (Å²) in [6.45, 7) is 7.80. The average Bonchev–Trinajstić information content (AvgIpc) is 3.33. The maximum Gasteiger partial charge on any atom is 0.241 e. The number of halogens is 1. The summed E-state index contributed by atoms with van der Waals surface area (Å²) in [5, 5.41) is 8.19. The molecule has 1 aliphatic heterocycles. The molecule has 0 saturated carbocycles. The summed E-state index contributed by atoms with van der Waals surface area (Å²) in [4.78, 5) is 14.0.